The third-order valence-corrected chi connectivity index (χ3v) is 10.6. The Morgan fingerprint density at radius 3 is 2.71 bits per heavy atom. The van der Waals surface area contributed by atoms with E-state index in [1.807, 2.05) is 19.3 Å². The van der Waals surface area contributed by atoms with E-state index in [2.05, 4.69) is 20.3 Å². The van der Waals surface area contributed by atoms with Crippen LogP contribution in [0.15, 0.2) is 53.9 Å². The van der Waals surface area contributed by atoms with Gasteiger partial charge in [0.15, 0.2) is 0 Å². The van der Waals surface area contributed by atoms with Crippen molar-refractivity contribution in [2.24, 2.45) is 7.05 Å². The largest absolute Gasteiger partial charge is 0.492 e. The molecule has 2 N–H and O–H groups in total. The number of nitrogens with one attached hydrogen (secondary N) is 1. The van der Waals surface area contributed by atoms with Gasteiger partial charge in [-0.3, -0.25) is 19.4 Å². The van der Waals surface area contributed by atoms with Crippen LogP contribution in [0.2, 0.25) is 5.02 Å². The zero-order valence-electron chi connectivity index (χ0n) is 22.7. The molecule has 2 atom stereocenters. The van der Waals surface area contributed by atoms with Gasteiger partial charge in [-0.15, -0.1) is 0 Å². The molecule has 3 aliphatic heterocycles. The number of hydrogen-bond acceptors (Lipinski definition) is 8. The molecular weight excluding hydrogens is 568 g/mol. The maximum Gasteiger partial charge on any atom is 0.247 e. The monoisotopic (exact) mass is 600 g/mol. The second kappa shape index (κ2) is 11.0. The van der Waals surface area contributed by atoms with Crippen LogP contribution < -0.4 is 10.1 Å². The van der Waals surface area contributed by atoms with E-state index in [0.717, 1.165) is 34.1 Å². The number of fused-ring (bicyclic) bond motifs is 2. The first-order valence-corrected chi connectivity index (χ1v) is 15.5. The van der Waals surface area contributed by atoms with Gasteiger partial charge >= 0.3 is 0 Å². The highest BCUT2D eigenvalue weighted by Gasteiger charge is 2.47. The molecule has 0 radical (unpaired) electrons. The molecule has 3 aromatic rings. The van der Waals surface area contributed by atoms with Crippen LogP contribution in [-0.4, -0.2) is 87.3 Å². The van der Waals surface area contributed by atoms with Gasteiger partial charge in [-0.25, -0.2) is 8.42 Å². The number of sulfonamides is 1. The van der Waals surface area contributed by atoms with Crippen LogP contribution in [0.25, 0.3) is 11.1 Å². The molecule has 0 bridgehead atoms. The fourth-order valence-corrected chi connectivity index (χ4v) is 7.98. The maximum absolute atomic E-state index is 13.9. The summed E-state index contributed by atoms with van der Waals surface area (Å²) in [5.74, 6) is -0.160. The topological polar surface area (TPSA) is 130 Å². The van der Waals surface area contributed by atoms with E-state index in [1.165, 1.54) is 6.07 Å². The molecule has 3 aliphatic rings. The molecule has 218 valence electrons. The zero-order chi connectivity index (χ0) is 28.8. The number of rotatable bonds is 3. The molecule has 13 heteroatoms. The molecule has 1 amide bonds. The summed E-state index contributed by atoms with van der Waals surface area (Å²) < 4.78 is 36.8. The van der Waals surface area contributed by atoms with E-state index >= 15 is 0 Å². The van der Waals surface area contributed by atoms with Crippen LogP contribution in [0.4, 0.5) is 0 Å². The minimum Gasteiger partial charge on any atom is -0.492 e. The third-order valence-electron chi connectivity index (χ3n) is 8.39. The van der Waals surface area contributed by atoms with Crippen LogP contribution in [-0.2, 0) is 28.4 Å². The Labute approximate surface area is 244 Å². The highest BCUT2D eigenvalue weighted by atomic mass is 35.5. The molecule has 11 nitrogen and oxygen atoms in total. The van der Waals surface area contributed by atoms with E-state index in [4.69, 9.17) is 16.3 Å². The number of aromatic nitrogens is 3. The van der Waals surface area contributed by atoms with Crippen molar-refractivity contribution >= 4 is 27.5 Å². The van der Waals surface area contributed by atoms with Crippen molar-refractivity contribution in [3.05, 3.63) is 59.6 Å². The molecule has 2 fully saturated rings. The average molecular weight is 601 g/mol. The standard InChI is InChI=1S/C28H33ClN6O5S/c1-33-16-21(14-31-33)19-2-3-26-25(12-19)40-11-7-28(32-27(37)24-13-22(36)18-35(24)41(26,38)39)5-9-34(10-6-28)17-20-4-8-30-15-23(20)29/h2-4,8,12,14-16,22,24,36H,5-7,9-11,13,17-18H2,1H3,(H,32,37)/t22-,24+/m1/s1. The number of carbonyl (C=O) groups excluding carboxylic acids is 1. The lowest BCUT2D eigenvalue weighted by molar-refractivity contribution is -0.127. The number of hydrogen-bond donors (Lipinski definition) is 2. The van der Waals surface area contributed by atoms with Crippen molar-refractivity contribution in [1.29, 1.82) is 0 Å². The third kappa shape index (κ3) is 5.59. The highest BCUT2D eigenvalue weighted by molar-refractivity contribution is 7.89. The number of aliphatic hydroxyl groups is 1. The Bertz CT molecular complexity index is 1550. The lowest BCUT2D eigenvalue weighted by Crippen LogP contribution is -2.59. The van der Waals surface area contributed by atoms with E-state index in [0.29, 0.717) is 30.8 Å². The molecule has 2 aromatic heterocycles. The summed E-state index contributed by atoms with van der Waals surface area (Å²) in [7, 11) is -2.33. The van der Waals surface area contributed by atoms with Crippen LogP contribution in [0.5, 0.6) is 5.75 Å². The van der Waals surface area contributed by atoms with E-state index in [-0.39, 0.29) is 36.1 Å². The number of piperidine rings is 1. The second-order valence-corrected chi connectivity index (χ2v) is 13.4. The second-order valence-electron chi connectivity index (χ2n) is 11.2. The lowest BCUT2D eigenvalue weighted by Gasteiger charge is -2.43. The molecule has 41 heavy (non-hydrogen) atoms. The number of aryl methyl sites for hydroxylation is 1. The van der Waals surface area contributed by atoms with Gasteiger partial charge in [0.2, 0.25) is 15.9 Å². The summed E-state index contributed by atoms with van der Waals surface area (Å²) in [6.45, 7) is 2.18. The lowest BCUT2D eigenvalue weighted by atomic mass is 9.84. The number of amides is 1. The molecule has 0 saturated carbocycles. The van der Waals surface area contributed by atoms with Crippen molar-refractivity contribution in [3.63, 3.8) is 0 Å². The quantitative estimate of drug-likeness (QED) is 0.468. The molecule has 0 aliphatic carbocycles. The van der Waals surface area contributed by atoms with Gasteiger partial charge in [0.05, 0.1) is 23.9 Å². The number of pyridine rings is 1. The Morgan fingerprint density at radius 2 is 1.98 bits per heavy atom. The first-order chi connectivity index (χ1) is 19.6. The van der Waals surface area contributed by atoms with Gasteiger partial charge in [0.1, 0.15) is 16.7 Å². The van der Waals surface area contributed by atoms with E-state index < -0.39 is 27.7 Å². The van der Waals surface area contributed by atoms with Crippen molar-refractivity contribution in [3.8, 4) is 16.9 Å². The normalized spacial score (nSPS) is 24.6. The number of aliphatic hydroxyl groups excluding tert-OH is 1. The number of halogens is 1. The molecule has 1 spiro atoms. The fourth-order valence-electron chi connectivity index (χ4n) is 6.05. The number of likely N-dealkylation sites (tertiary alicyclic amines) is 1. The van der Waals surface area contributed by atoms with Crippen LogP contribution in [0.3, 0.4) is 0 Å². The predicted octanol–water partition coefficient (Wildman–Crippen LogP) is 2.19. The smallest absolute Gasteiger partial charge is 0.247 e. The molecule has 0 unspecified atom stereocenters. The Hall–Kier alpha value is -3.03. The Balaban J connectivity index is 1.30. The van der Waals surface area contributed by atoms with E-state index in [9.17, 15) is 18.3 Å². The summed E-state index contributed by atoms with van der Waals surface area (Å²) in [6, 6.07) is 5.84. The van der Waals surface area contributed by atoms with Crippen molar-refractivity contribution in [2.45, 2.75) is 54.8 Å². The molecule has 2 saturated heterocycles. The minimum atomic E-state index is -4.14. The van der Waals surface area contributed by atoms with Crippen molar-refractivity contribution < 1.29 is 23.1 Å². The van der Waals surface area contributed by atoms with Gasteiger partial charge in [-0.05, 0) is 42.2 Å². The van der Waals surface area contributed by atoms with E-state index in [1.54, 1.807) is 35.4 Å². The SMILES string of the molecule is Cn1cc(-c2ccc3c(c2)OCCC2(CCN(Cc4ccncc4Cl)CC2)NC(=O)[C@@H]2C[C@@H](O)CN2S3(=O)=O)cn1. The summed E-state index contributed by atoms with van der Waals surface area (Å²) >= 11 is 6.33. The van der Waals surface area contributed by atoms with Crippen molar-refractivity contribution in [1.82, 2.24) is 29.3 Å². The minimum absolute atomic E-state index is 0.0166. The van der Waals surface area contributed by atoms with Crippen LogP contribution in [0.1, 0.15) is 31.2 Å². The number of carbonyl (C=O) groups is 1. The summed E-state index contributed by atoms with van der Waals surface area (Å²) in [6.07, 6.45) is 7.85. The summed E-state index contributed by atoms with van der Waals surface area (Å²) in [5, 5.41) is 18.5. The highest BCUT2D eigenvalue weighted by Crippen LogP contribution is 2.37. The van der Waals surface area contributed by atoms with Gasteiger partial charge in [0.25, 0.3) is 0 Å². The van der Waals surface area contributed by atoms with Crippen molar-refractivity contribution in [2.75, 3.05) is 26.2 Å². The predicted molar refractivity (Wildman–Crippen MR) is 152 cm³/mol. The first-order valence-electron chi connectivity index (χ1n) is 13.7. The fraction of sp³-hybridized carbons (Fsp3) is 0.464. The first kappa shape index (κ1) is 28.1. The van der Waals surface area contributed by atoms with Crippen LogP contribution in [0, 0.1) is 0 Å². The van der Waals surface area contributed by atoms with Crippen LogP contribution >= 0.6 is 11.6 Å². The van der Waals surface area contributed by atoms with Gasteiger partial charge in [0, 0.05) is 75.8 Å². The molecule has 1 aromatic carbocycles. The zero-order valence-corrected chi connectivity index (χ0v) is 24.3. The Kier molecular flexibility index (Phi) is 7.53. The molecule has 6 rings (SSSR count). The average Bonchev–Trinajstić information content (AvgIpc) is 3.57. The van der Waals surface area contributed by atoms with Gasteiger partial charge < -0.3 is 15.2 Å². The van der Waals surface area contributed by atoms with Gasteiger partial charge in [-0.2, -0.15) is 9.40 Å². The Morgan fingerprint density at radius 1 is 1.17 bits per heavy atom. The maximum atomic E-state index is 13.9. The number of benzene rings is 1. The molecule has 5 heterocycles. The number of ether oxygens (including phenoxy) is 1. The summed E-state index contributed by atoms with van der Waals surface area (Å²) in [5.41, 5.74) is 2.01. The molecular formula is C28H33ClN6O5S. The summed E-state index contributed by atoms with van der Waals surface area (Å²) in [4.78, 5) is 20.0. The van der Waals surface area contributed by atoms with Gasteiger partial charge in [-0.1, -0.05) is 17.7 Å². The number of nitrogens with zero attached hydrogens (tertiary/aromatic N) is 5.